The van der Waals surface area contributed by atoms with Crippen molar-refractivity contribution >= 4 is 0 Å². The van der Waals surface area contributed by atoms with Crippen LogP contribution in [0.2, 0.25) is 0 Å². The molecule has 1 aromatic heterocycles. The van der Waals surface area contributed by atoms with E-state index in [1.54, 1.807) is 0 Å². The molecule has 0 N–H and O–H groups in total. The molecule has 2 rings (SSSR count). The van der Waals surface area contributed by atoms with Crippen LogP contribution in [0, 0.1) is 0 Å². The van der Waals surface area contributed by atoms with Crippen LogP contribution < -0.4 is 4.74 Å². The molecule has 4 heteroatoms. The summed E-state index contributed by atoms with van der Waals surface area (Å²) in [6, 6.07) is 7.94. The number of rotatable bonds is 15. The Bertz CT molecular complexity index is 658. The van der Waals surface area contributed by atoms with Crippen LogP contribution in [0.5, 0.6) is 5.75 Å². The predicted molar refractivity (Wildman–Crippen MR) is 119 cm³/mol. The number of hydrogen-bond acceptors (Lipinski definition) is 3. The molecule has 160 valence electrons. The van der Waals surface area contributed by atoms with Gasteiger partial charge in [-0.15, -0.1) is 0 Å². The zero-order valence-electron chi connectivity index (χ0n) is 18.2. The monoisotopic (exact) mass is 400 g/mol. The van der Waals surface area contributed by atoms with E-state index in [9.17, 15) is 4.39 Å². The molecule has 0 amide bonds. The van der Waals surface area contributed by atoms with Gasteiger partial charge in [-0.2, -0.15) is 0 Å². The molecule has 29 heavy (non-hydrogen) atoms. The molecule has 1 heterocycles. The molecule has 3 nitrogen and oxygen atoms in total. The fourth-order valence-electron chi connectivity index (χ4n) is 3.30. The first kappa shape index (κ1) is 23.3. The summed E-state index contributed by atoms with van der Waals surface area (Å²) < 4.78 is 18.9. The van der Waals surface area contributed by atoms with Crippen LogP contribution in [0.3, 0.4) is 0 Å². The Kier molecular flexibility index (Phi) is 11.3. The first-order valence-corrected chi connectivity index (χ1v) is 11.4. The molecule has 0 fully saturated rings. The molecule has 1 unspecified atom stereocenters. The van der Waals surface area contributed by atoms with E-state index in [0.29, 0.717) is 19.4 Å². The van der Waals surface area contributed by atoms with Crippen molar-refractivity contribution in [1.82, 2.24) is 9.97 Å². The highest BCUT2D eigenvalue weighted by molar-refractivity contribution is 5.55. The number of ether oxygens (including phenoxy) is 1. The highest BCUT2D eigenvalue weighted by atomic mass is 19.1. The van der Waals surface area contributed by atoms with Gasteiger partial charge in [-0.3, -0.25) is 0 Å². The van der Waals surface area contributed by atoms with Gasteiger partial charge in [0.25, 0.3) is 0 Å². The number of nitrogens with zero attached hydrogens (tertiary/aromatic N) is 2. The number of unbranched alkanes of at least 4 members (excludes halogenated alkanes) is 6. The van der Waals surface area contributed by atoms with Crippen LogP contribution >= 0.6 is 0 Å². The predicted octanol–water partition coefficient (Wildman–Crippen LogP) is 7.34. The minimum Gasteiger partial charge on any atom is -0.494 e. The molecule has 0 aliphatic heterocycles. The molecule has 0 aliphatic rings. The van der Waals surface area contributed by atoms with Crippen molar-refractivity contribution < 1.29 is 9.13 Å². The molecule has 0 saturated carbocycles. The van der Waals surface area contributed by atoms with Crippen molar-refractivity contribution in [2.24, 2.45) is 0 Å². The average Bonchev–Trinajstić information content (AvgIpc) is 2.76. The molecule has 2 aromatic rings. The third kappa shape index (κ3) is 9.38. The van der Waals surface area contributed by atoms with Gasteiger partial charge in [-0.25, -0.2) is 14.4 Å². The fraction of sp³-hybridized carbons (Fsp3) is 0.600. The van der Waals surface area contributed by atoms with E-state index < -0.39 is 6.17 Å². The summed E-state index contributed by atoms with van der Waals surface area (Å²) in [6.07, 6.45) is 14.9. The number of alkyl halides is 1. The Labute approximate surface area is 176 Å². The zero-order valence-corrected chi connectivity index (χ0v) is 18.2. The molecule has 0 bridgehead atoms. The number of hydrogen-bond donors (Lipinski definition) is 0. The smallest absolute Gasteiger partial charge is 0.159 e. The summed E-state index contributed by atoms with van der Waals surface area (Å²) in [7, 11) is 0. The Morgan fingerprint density at radius 1 is 0.862 bits per heavy atom. The third-order valence-corrected chi connectivity index (χ3v) is 5.26. The fourth-order valence-corrected chi connectivity index (χ4v) is 3.30. The van der Waals surface area contributed by atoms with Gasteiger partial charge < -0.3 is 4.74 Å². The Hall–Kier alpha value is -1.97. The van der Waals surface area contributed by atoms with Gasteiger partial charge in [0, 0.05) is 18.0 Å². The minimum absolute atomic E-state index is 0.619. The quantitative estimate of drug-likeness (QED) is 0.293. The van der Waals surface area contributed by atoms with E-state index in [2.05, 4.69) is 16.9 Å². The summed E-state index contributed by atoms with van der Waals surface area (Å²) in [6.45, 7) is 4.81. The van der Waals surface area contributed by atoms with Gasteiger partial charge in [0.15, 0.2) is 5.82 Å². The van der Waals surface area contributed by atoms with Gasteiger partial charge in [-0.1, -0.05) is 46.0 Å². The molecule has 0 saturated heterocycles. The van der Waals surface area contributed by atoms with Crippen molar-refractivity contribution in [3.8, 4) is 17.1 Å². The van der Waals surface area contributed by atoms with Gasteiger partial charge in [0.1, 0.15) is 5.75 Å². The van der Waals surface area contributed by atoms with Gasteiger partial charge in [-0.05, 0) is 68.4 Å². The van der Waals surface area contributed by atoms with E-state index in [0.717, 1.165) is 42.8 Å². The van der Waals surface area contributed by atoms with Crippen LogP contribution in [0.25, 0.3) is 11.4 Å². The lowest BCUT2D eigenvalue weighted by atomic mass is 10.1. The van der Waals surface area contributed by atoms with Crippen LogP contribution in [0.15, 0.2) is 36.7 Å². The van der Waals surface area contributed by atoms with Crippen LogP contribution in [0.4, 0.5) is 4.39 Å². The maximum Gasteiger partial charge on any atom is 0.159 e. The van der Waals surface area contributed by atoms with E-state index in [-0.39, 0.29) is 0 Å². The summed E-state index contributed by atoms with van der Waals surface area (Å²) in [5.74, 6) is 1.61. The Balaban J connectivity index is 1.69. The summed E-state index contributed by atoms with van der Waals surface area (Å²) in [4.78, 5) is 9.06. The van der Waals surface area contributed by atoms with E-state index in [4.69, 9.17) is 4.74 Å². The second kappa shape index (κ2) is 14.1. The number of aromatic nitrogens is 2. The van der Waals surface area contributed by atoms with Crippen LogP contribution in [-0.2, 0) is 6.42 Å². The first-order valence-electron chi connectivity index (χ1n) is 11.4. The van der Waals surface area contributed by atoms with Gasteiger partial charge in [0.2, 0.25) is 0 Å². The lowest BCUT2D eigenvalue weighted by molar-refractivity contribution is 0.280. The second-order valence-electron chi connectivity index (χ2n) is 7.81. The normalized spacial score (nSPS) is 12.1. The highest BCUT2D eigenvalue weighted by Crippen LogP contribution is 2.20. The van der Waals surface area contributed by atoms with Crippen molar-refractivity contribution in [2.75, 3.05) is 6.61 Å². The second-order valence-corrected chi connectivity index (χ2v) is 7.81. The molecular formula is C25H37FN2O. The number of halogens is 1. The number of aryl methyl sites for hydroxylation is 1. The molecule has 0 aliphatic carbocycles. The van der Waals surface area contributed by atoms with Gasteiger partial charge >= 0.3 is 0 Å². The molecular weight excluding hydrogens is 363 g/mol. The van der Waals surface area contributed by atoms with E-state index in [1.807, 2.05) is 43.6 Å². The Morgan fingerprint density at radius 2 is 1.55 bits per heavy atom. The van der Waals surface area contributed by atoms with Crippen LogP contribution in [0.1, 0.15) is 83.6 Å². The summed E-state index contributed by atoms with van der Waals surface area (Å²) in [5, 5.41) is 0. The standard InChI is InChI=1S/C25H37FN2O/c1-3-5-6-7-9-12-21-19-27-25(28-20-21)22-14-16-24(17-15-22)29-18-11-8-10-13-23(26)4-2/h14-17,19-20,23H,3-13,18H2,1-2H3. The minimum atomic E-state index is -0.648. The van der Waals surface area contributed by atoms with E-state index >= 15 is 0 Å². The maximum atomic E-state index is 13.2. The van der Waals surface area contributed by atoms with Crippen LogP contribution in [-0.4, -0.2) is 22.7 Å². The third-order valence-electron chi connectivity index (χ3n) is 5.26. The SMILES string of the molecule is CCCCCCCc1cnc(-c2ccc(OCCCCCC(F)CC)cc2)nc1. The average molecular weight is 401 g/mol. The molecule has 1 atom stereocenters. The lowest BCUT2D eigenvalue weighted by Gasteiger charge is -2.08. The molecule has 1 aromatic carbocycles. The van der Waals surface area contributed by atoms with Crippen molar-refractivity contribution in [2.45, 2.75) is 90.6 Å². The molecule has 0 radical (unpaired) electrons. The zero-order chi connectivity index (χ0) is 20.7. The van der Waals surface area contributed by atoms with Crippen molar-refractivity contribution in [3.63, 3.8) is 0 Å². The number of benzene rings is 1. The molecule has 0 spiro atoms. The highest BCUT2D eigenvalue weighted by Gasteiger charge is 2.04. The van der Waals surface area contributed by atoms with Crippen molar-refractivity contribution in [1.29, 1.82) is 0 Å². The van der Waals surface area contributed by atoms with Crippen molar-refractivity contribution in [3.05, 3.63) is 42.2 Å². The topological polar surface area (TPSA) is 35.0 Å². The largest absolute Gasteiger partial charge is 0.494 e. The first-order chi connectivity index (χ1) is 14.2. The summed E-state index contributed by atoms with van der Waals surface area (Å²) in [5.41, 5.74) is 2.21. The summed E-state index contributed by atoms with van der Waals surface area (Å²) >= 11 is 0. The lowest BCUT2D eigenvalue weighted by Crippen LogP contribution is -2.00. The van der Waals surface area contributed by atoms with E-state index in [1.165, 1.54) is 37.7 Å². The maximum absolute atomic E-state index is 13.2. The van der Waals surface area contributed by atoms with Gasteiger partial charge in [0.05, 0.1) is 12.8 Å². The Morgan fingerprint density at radius 3 is 2.24 bits per heavy atom.